The maximum absolute atomic E-state index is 13.4. The third-order valence-electron chi connectivity index (χ3n) is 4.86. The van der Waals surface area contributed by atoms with E-state index in [9.17, 15) is 23.2 Å². The van der Waals surface area contributed by atoms with Crippen molar-refractivity contribution >= 4 is 29.3 Å². The van der Waals surface area contributed by atoms with Crippen molar-refractivity contribution in [3.8, 4) is 11.5 Å². The predicted molar refractivity (Wildman–Crippen MR) is 111 cm³/mol. The maximum Gasteiger partial charge on any atom is 0.255 e. The van der Waals surface area contributed by atoms with E-state index < -0.39 is 30.1 Å². The van der Waals surface area contributed by atoms with E-state index in [4.69, 9.17) is 26.8 Å². The summed E-state index contributed by atoms with van der Waals surface area (Å²) in [5.74, 6) is -3.36. The molecule has 1 aliphatic rings. The molecular formula is C21H20ClF2N3O5. The zero-order valence-electron chi connectivity index (χ0n) is 17.1. The van der Waals surface area contributed by atoms with Crippen molar-refractivity contribution < 1.29 is 32.6 Å². The summed E-state index contributed by atoms with van der Waals surface area (Å²) in [6.45, 7) is 0.488. The largest absolute Gasteiger partial charge is 0.493 e. The first kappa shape index (κ1) is 23.3. The van der Waals surface area contributed by atoms with Crippen molar-refractivity contribution in [3.05, 3.63) is 58.1 Å². The van der Waals surface area contributed by atoms with Crippen LogP contribution in [0.5, 0.6) is 11.5 Å². The summed E-state index contributed by atoms with van der Waals surface area (Å²) < 4.78 is 37.0. The van der Waals surface area contributed by atoms with Crippen LogP contribution in [0.4, 0.5) is 8.78 Å². The van der Waals surface area contributed by atoms with E-state index in [1.165, 1.54) is 35.1 Å². The summed E-state index contributed by atoms with van der Waals surface area (Å²) in [4.78, 5) is 39.4. The molecule has 3 rings (SSSR count). The topological polar surface area (TPSA) is 102 Å². The van der Waals surface area contributed by atoms with E-state index in [2.05, 4.69) is 0 Å². The number of piperazine rings is 1. The highest BCUT2D eigenvalue weighted by Gasteiger charge is 2.27. The minimum atomic E-state index is -1.10. The summed E-state index contributed by atoms with van der Waals surface area (Å²) in [5, 5.41) is 0.0705. The number of nitrogens with two attached hydrogens (primary N) is 1. The van der Waals surface area contributed by atoms with Crippen molar-refractivity contribution in [1.82, 2.24) is 9.80 Å². The minimum Gasteiger partial charge on any atom is -0.493 e. The lowest BCUT2D eigenvalue weighted by molar-refractivity contribution is -0.119. The number of hydrogen-bond acceptors (Lipinski definition) is 5. The van der Waals surface area contributed by atoms with Gasteiger partial charge < -0.3 is 25.0 Å². The molecule has 0 atom stereocenters. The van der Waals surface area contributed by atoms with E-state index in [0.717, 1.165) is 12.1 Å². The number of carbonyl (C=O) groups excluding carboxylic acids is 3. The fraction of sp³-hybridized carbons (Fsp3) is 0.286. The van der Waals surface area contributed by atoms with Gasteiger partial charge in [0.15, 0.2) is 29.7 Å². The van der Waals surface area contributed by atoms with Crippen LogP contribution in [0.25, 0.3) is 0 Å². The Bertz CT molecular complexity index is 1060. The van der Waals surface area contributed by atoms with Crippen molar-refractivity contribution in [3.63, 3.8) is 0 Å². The van der Waals surface area contributed by atoms with Crippen LogP contribution in [0.15, 0.2) is 30.3 Å². The molecule has 1 fully saturated rings. The third-order valence-corrected chi connectivity index (χ3v) is 5.14. The number of nitrogens with zero attached hydrogens (tertiary/aromatic N) is 2. The average Bonchev–Trinajstić information content (AvgIpc) is 2.78. The average molecular weight is 468 g/mol. The number of ether oxygens (including phenoxy) is 2. The molecule has 0 radical (unpaired) electrons. The minimum absolute atomic E-state index is 0.0340. The Morgan fingerprint density at radius 3 is 2.09 bits per heavy atom. The Morgan fingerprint density at radius 2 is 1.56 bits per heavy atom. The Balaban J connectivity index is 1.68. The fourth-order valence-electron chi connectivity index (χ4n) is 3.23. The highest BCUT2D eigenvalue weighted by Crippen LogP contribution is 2.36. The molecule has 0 spiro atoms. The van der Waals surface area contributed by atoms with Gasteiger partial charge in [0.25, 0.3) is 17.7 Å². The molecule has 1 saturated heterocycles. The quantitative estimate of drug-likeness (QED) is 0.701. The molecule has 170 valence electrons. The first-order valence-corrected chi connectivity index (χ1v) is 9.91. The Labute approximate surface area is 187 Å². The first-order chi connectivity index (χ1) is 15.2. The summed E-state index contributed by atoms with van der Waals surface area (Å²) >= 11 is 6.20. The smallest absolute Gasteiger partial charge is 0.255 e. The number of carbonyl (C=O) groups is 3. The van der Waals surface area contributed by atoms with Gasteiger partial charge in [0.2, 0.25) is 0 Å². The van der Waals surface area contributed by atoms with Crippen molar-refractivity contribution in [2.75, 3.05) is 39.9 Å². The summed E-state index contributed by atoms with van der Waals surface area (Å²) in [7, 11) is 1.36. The molecule has 32 heavy (non-hydrogen) atoms. The van der Waals surface area contributed by atoms with Crippen LogP contribution in [0, 0.1) is 11.6 Å². The number of methoxy groups -OCH3 is 1. The van der Waals surface area contributed by atoms with Crippen LogP contribution in [-0.2, 0) is 4.79 Å². The second-order valence-corrected chi connectivity index (χ2v) is 7.36. The molecule has 0 unspecified atom stereocenters. The van der Waals surface area contributed by atoms with Crippen LogP contribution in [0.1, 0.15) is 20.7 Å². The highest BCUT2D eigenvalue weighted by atomic mass is 35.5. The van der Waals surface area contributed by atoms with Gasteiger partial charge in [-0.1, -0.05) is 11.6 Å². The van der Waals surface area contributed by atoms with Gasteiger partial charge in [-0.2, -0.15) is 0 Å². The van der Waals surface area contributed by atoms with E-state index in [0.29, 0.717) is 0 Å². The SMILES string of the molecule is COc1cc(C(=O)N2CCN(C(=O)c3ccc(F)c(F)c3)CC2)cc(Cl)c1OCC(N)=O. The number of hydrogen-bond donors (Lipinski definition) is 1. The van der Waals surface area contributed by atoms with Gasteiger partial charge in [-0.25, -0.2) is 8.78 Å². The van der Waals surface area contributed by atoms with Crippen LogP contribution < -0.4 is 15.2 Å². The Morgan fingerprint density at radius 1 is 0.969 bits per heavy atom. The molecule has 2 aromatic carbocycles. The van der Waals surface area contributed by atoms with Gasteiger partial charge in [0.05, 0.1) is 12.1 Å². The van der Waals surface area contributed by atoms with Gasteiger partial charge in [-0.15, -0.1) is 0 Å². The predicted octanol–water partition coefficient (Wildman–Crippen LogP) is 2.09. The number of rotatable bonds is 6. The molecular weight excluding hydrogens is 448 g/mol. The third kappa shape index (κ3) is 5.08. The molecule has 1 aliphatic heterocycles. The van der Waals surface area contributed by atoms with E-state index in [-0.39, 0.29) is 59.7 Å². The zero-order valence-corrected chi connectivity index (χ0v) is 17.8. The van der Waals surface area contributed by atoms with Crippen LogP contribution in [-0.4, -0.2) is 67.4 Å². The van der Waals surface area contributed by atoms with Gasteiger partial charge in [-0.05, 0) is 30.3 Å². The van der Waals surface area contributed by atoms with Crippen LogP contribution in [0.3, 0.4) is 0 Å². The zero-order chi connectivity index (χ0) is 23.4. The number of amides is 3. The first-order valence-electron chi connectivity index (χ1n) is 9.53. The summed E-state index contributed by atoms with van der Waals surface area (Å²) in [6.07, 6.45) is 0. The Kier molecular flexibility index (Phi) is 7.14. The lowest BCUT2D eigenvalue weighted by Crippen LogP contribution is -2.50. The summed E-state index contributed by atoms with van der Waals surface area (Å²) in [5.41, 5.74) is 5.34. The molecule has 0 bridgehead atoms. The molecule has 1 heterocycles. The summed E-state index contributed by atoms with van der Waals surface area (Å²) in [6, 6.07) is 5.79. The molecule has 2 N–H and O–H groups in total. The van der Waals surface area contributed by atoms with Crippen molar-refractivity contribution in [1.29, 1.82) is 0 Å². The maximum atomic E-state index is 13.4. The van der Waals surface area contributed by atoms with Crippen molar-refractivity contribution in [2.24, 2.45) is 5.73 Å². The molecule has 0 aromatic heterocycles. The number of halogens is 3. The highest BCUT2D eigenvalue weighted by molar-refractivity contribution is 6.32. The number of benzene rings is 2. The van der Waals surface area contributed by atoms with Gasteiger partial charge in [-0.3, -0.25) is 14.4 Å². The monoisotopic (exact) mass is 467 g/mol. The second kappa shape index (κ2) is 9.82. The van der Waals surface area contributed by atoms with Gasteiger partial charge in [0.1, 0.15) is 0 Å². The molecule has 3 amide bonds. The van der Waals surface area contributed by atoms with Crippen LogP contribution in [0.2, 0.25) is 5.02 Å². The normalized spacial score (nSPS) is 13.6. The lowest BCUT2D eigenvalue weighted by atomic mass is 10.1. The molecule has 2 aromatic rings. The fourth-order valence-corrected chi connectivity index (χ4v) is 3.50. The van der Waals surface area contributed by atoms with Crippen molar-refractivity contribution in [2.45, 2.75) is 0 Å². The van der Waals surface area contributed by atoms with E-state index >= 15 is 0 Å². The Hall–Kier alpha value is -3.40. The molecule has 0 saturated carbocycles. The van der Waals surface area contributed by atoms with Crippen LogP contribution >= 0.6 is 11.6 Å². The molecule has 11 heteroatoms. The second-order valence-electron chi connectivity index (χ2n) is 6.96. The van der Waals surface area contributed by atoms with Gasteiger partial charge >= 0.3 is 0 Å². The number of primary amides is 1. The molecule has 0 aliphatic carbocycles. The van der Waals surface area contributed by atoms with E-state index in [1.807, 2.05) is 0 Å². The van der Waals surface area contributed by atoms with Gasteiger partial charge in [0, 0.05) is 37.3 Å². The lowest BCUT2D eigenvalue weighted by Gasteiger charge is -2.35. The molecule has 8 nitrogen and oxygen atoms in total. The standard InChI is InChI=1S/C21H20ClF2N3O5/c1-31-17-10-13(8-14(22)19(17)32-11-18(25)28)21(30)27-6-4-26(5-7-27)20(29)12-2-3-15(23)16(24)9-12/h2-3,8-10H,4-7,11H2,1H3,(H2,25,28). The van der Waals surface area contributed by atoms with E-state index in [1.54, 1.807) is 0 Å².